The number of hydrogen-bond acceptors (Lipinski definition) is 2. The van der Waals surface area contributed by atoms with E-state index in [1.54, 1.807) is 0 Å². The number of aryl methyl sites for hydroxylation is 2. The molecule has 22 heavy (non-hydrogen) atoms. The van der Waals surface area contributed by atoms with Crippen molar-refractivity contribution in [3.8, 4) is 0 Å². The second-order valence-corrected chi connectivity index (χ2v) is 5.94. The third-order valence-corrected chi connectivity index (χ3v) is 4.28. The summed E-state index contributed by atoms with van der Waals surface area (Å²) >= 11 is 0. The molecule has 0 unspecified atom stereocenters. The van der Waals surface area contributed by atoms with E-state index in [4.69, 9.17) is 0 Å². The molecule has 0 saturated heterocycles. The summed E-state index contributed by atoms with van der Waals surface area (Å²) in [5, 5.41) is 0. The second-order valence-electron chi connectivity index (χ2n) is 5.94. The van der Waals surface area contributed by atoms with Crippen molar-refractivity contribution in [2.24, 2.45) is 0 Å². The van der Waals surface area contributed by atoms with E-state index >= 15 is 0 Å². The lowest BCUT2D eigenvalue weighted by Gasteiger charge is -2.20. The van der Waals surface area contributed by atoms with E-state index in [-0.39, 0.29) is 5.91 Å². The molecule has 1 aromatic heterocycles. The van der Waals surface area contributed by atoms with Crippen molar-refractivity contribution in [1.29, 1.82) is 0 Å². The van der Waals surface area contributed by atoms with Gasteiger partial charge in [-0.1, -0.05) is 30.3 Å². The van der Waals surface area contributed by atoms with Crippen LogP contribution in [0.25, 0.3) is 0 Å². The largest absolute Gasteiger partial charge is 0.337 e. The Bertz CT molecular complexity index is 606. The fourth-order valence-corrected chi connectivity index (χ4v) is 3.01. The fourth-order valence-electron chi connectivity index (χ4n) is 3.01. The molecule has 0 spiro atoms. The third kappa shape index (κ3) is 3.75. The zero-order valence-corrected chi connectivity index (χ0v) is 12.9. The standard InChI is InChI=1S/C18H23N3O/c22-18(10-5-4-9-16-7-2-1-3-8-16)20-11-6-12-21-15-19-13-17(21)14-20/h1-3,7-8,13,15H,4-6,9-12,14H2. The van der Waals surface area contributed by atoms with Gasteiger partial charge in [0.1, 0.15) is 0 Å². The molecule has 1 aliphatic heterocycles. The Morgan fingerprint density at radius 3 is 2.86 bits per heavy atom. The minimum Gasteiger partial charge on any atom is -0.337 e. The number of rotatable bonds is 5. The van der Waals surface area contributed by atoms with Crippen LogP contribution in [0.3, 0.4) is 0 Å². The van der Waals surface area contributed by atoms with Crippen LogP contribution in [-0.4, -0.2) is 26.9 Å². The molecule has 0 N–H and O–H groups in total. The lowest BCUT2D eigenvalue weighted by atomic mass is 10.1. The minimum absolute atomic E-state index is 0.280. The van der Waals surface area contributed by atoms with E-state index in [0.29, 0.717) is 13.0 Å². The average Bonchev–Trinajstić information content (AvgIpc) is 2.89. The van der Waals surface area contributed by atoms with Gasteiger partial charge in [-0.25, -0.2) is 4.98 Å². The Morgan fingerprint density at radius 1 is 1.14 bits per heavy atom. The molecule has 4 nitrogen and oxygen atoms in total. The summed E-state index contributed by atoms with van der Waals surface area (Å²) in [6.45, 7) is 2.53. The van der Waals surface area contributed by atoms with Gasteiger partial charge in [0, 0.05) is 25.7 Å². The van der Waals surface area contributed by atoms with Gasteiger partial charge in [-0.2, -0.15) is 0 Å². The van der Waals surface area contributed by atoms with Gasteiger partial charge in [-0.05, 0) is 31.2 Å². The highest BCUT2D eigenvalue weighted by Gasteiger charge is 2.18. The molecule has 116 valence electrons. The minimum atomic E-state index is 0.280. The zero-order chi connectivity index (χ0) is 15.2. The van der Waals surface area contributed by atoms with E-state index in [0.717, 1.165) is 44.5 Å². The molecule has 2 aromatic rings. The summed E-state index contributed by atoms with van der Waals surface area (Å²) in [5.74, 6) is 0.280. The molecular weight excluding hydrogens is 274 g/mol. The van der Waals surface area contributed by atoms with Gasteiger partial charge >= 0.3 is 0 Å². The summed E-state index contributed by atoms with van der Waals surface area (Å²) in [6.07, 6.45) is 8.50. The van der Waals surface area contributed by atoms with Crippen LogP contribution >= 0.6 is 0 Å². The highest BCUT2D eigenvalue weighted by molar-refractivity contribution is 5.76. The summed E-state index contributed by atoms with van der Waals surface area (Å²) in [5.41, 5.74) is 2.50. The monoisotopic (exact) mass is 297 g/mol. The van der Waals surface area contributed by atoms with Crippen LogP contribution in [0.15, 0.2) is 42.9 Å². The number of hydrogen-bond donors (Lipinski definition) is 0. The van der Waals surface area contributed by atoms with Gasteiger partial charge in [-0.15, -0.1) is 0 Å². The molecule has 0 bridgehead atoms. The predicted octanol–water partition coefficient (Wildman–Crippen LogP) is 3.03. The van der Waals surface area contributed by atoms with E-state index in [1.165, 1.54) is 5.56 Å². The molecule has 2 heterocycles. The highest BCUT2D eigenvalue weighted by Crippen LogP contribution is 2.14. The van der Waals surface area contributed by atoms with Crippen LogP contribution < -0.4 is 0 Å². The topological polar surface area (TPSA) is 38.1 Å². The molecule has 0 aliphatic carbocycles. The number of unbranched alkanes of at least 4 members (excludes halogenated alkanes) is 1. The smallest absolute Gasteiger partial charge is 0.222 e. The average molecular weight is 297 g/mol. The number of carbonyl (C=O) groups excluding carboxylic acids is 1. The molecule has 0 fully saturated rings. The number of carbonyl (C=O) groups is 1. The first-order chi connectivity index (χ1) is 10.8. The molecule has 3 rings (SSSR count). The number of amides is 1. The van der Waals surface area contributed by atoms with E-state index in [2.05, 4.69) is 33.8 Å². The van der Waals surface area contributed by atoms with Gasteiger partial charge in [0.2, 0.25) is 5.91 Å². The lowest BCUT2D eigenvalue weighted by Crippen LogP contribution is -2.30. The highest BCUT2D eigenvalue weighted by atomic mass is 16.2. The Kier molecular flexibility index (Phi) is 4.88. The predicted molar refractivity (Wildman–Crippen MR) is 86.3 cm³/mol. The Hall–Kier alpha value is -2.10. The molecule has 4 heteroatoms. The summed E-state index contributed by atoms with van der Waals surface area (Å²) in [7, 11) is 0. The first-order valence-corrected chi connectivity index (χ1v) is 8.13. The van der Waals surface area contributed by atoms with E-state index in [9.17, 15) is 4.79 Å². The first kappa shape index (κ1) is 14.8. The van der Waals surface area contributed by atoms with Crippen molar-refractivity contribution < 1.29 is 4.79 Å². The number of imidazole rings is 1. The zero-order valence-electron chi connectivity index (χ0n) is 12.9. The molecule has 0 saturated carbocycles. The maximum Gasteiger partial charge on any atom is 0.222 e. The van der Waals surface area contributed by atoms with Gasteiger partial charge in [0.15, 0.2) is 0 Å². The Labute approximate surface area is 131 Å². The quantitative estimate of drug-likeness (QED) is 0.796. The third-order valence-electron chi connectivity index (χ3n) is 4.28. The van der Waals surface area contributed by atoms with Crippen molar-refractivity contribution in [1.82, 2.24) is 14.5 Å². The van der Waals surface area contributed by atoms with Gasteiger partial charge in [-0.3, -0.25) is 4.79 Å². The van der Waals surface area contributed by atoms with Gasteiger partial charge in [0.25, 0.3) is 0 Å². The maximum atomic E-state index is 12.4. The van der Waals surface area contributed by atoms with Gasteiger partial charge < -0.3 is 9.47 Å². The van der Waals surface area contributed by atoms with E-state index in [1.807, 2.05) is 23.5 Å². The van der Waals surface area contributed by atoms with E-state index < -0.39 is 0 Å². The van der Waals surface area contributed by atoms with Crippen molar-refractivity contribution in [3.63, 3.8) is 0 Å². The van der Waals surface area contributed by atoms with Crippen LogP contribution in [0.2, 0.25) is 0 Å². The number of fused-ring (bicyclic) bond motifs is 1. The van der Waals surface area contributed by atoms with Crippen LogP contribution in [0, 0.1) is 0 Å². The van der Waals surface area contributed by atoms with Crippen LogP contribution in [0.4, 0.5) is 0 Å². The Morgan fingerprint density at radius 2 is 2.00 bits per heavy atom. The normalized spacial score (nSPS) is 14.5. The summed E-state index contributed by atoms with van der Waals surface area (Å²) < 4.78 is 2.16. The molecule has 0 radical (unpaired) electrons. The van der Waals surface area contributed by atoms with Crippen molar-refractivity contribution >= 4 is 5.91 Å². The van der Waals surface area contributed by atoms with Crippen LogP contribution in [0.1, 0.15) is 36.9 Å². The lowest BCUT2D eigenvalue weighted by molar-refractivity contribution is -0.131. The number of aromatic nitrogens is 2. The summed E-state index contributed by atoms with van der Waals surface area (Å²) in [4.78, 5) is 18.6. The molecule has 0 atom stereocenters. The van der Waals surface area contributed by atoms with Crippen LogP contribution in [-0.2, 0) is 24.3 Å². The van der Waals surface area contributed by atoms with Crippen molar-refractivity contribution in [3.05, 3.63) is 54.1 Å². The first-order valence-electron chi connectivity index (χ1n) is 8.13. The number of benzene rings is 1. The molecular formula is C18H23N3O. The molecule has 1 aliphatic rings. The summed E-state index contributed by atoms with van der Waals surface area (Å²) in [6, 6.07) is 10.5. The molecule has 1 aromatic carbocycles. The molecule has 1 amide bonds. The Balaban J connectivity index is 1.44. The SMILES string of the molecule is O=C(CCCCc1ccccc1)N1CCCn2cncc2C1. The second kappa shape index (κ2) is 7.25. The van der Waals surface area contributed by atoms with Gasteiger partial charge in [0.05, 0.1) is 18.6 Å². The van der Waals surface area contributed by atoms with Crippen molar-refractivity contribution in [2.45, 2.75) is 45.2 Å². The van der Waals surface area contributed by atoms with Crippen LogP contribution in [0.5, 0.6) is 0 Å². The fraction of sp³-hybridized carbons (Fsp3) is 0.444. The maximum absolute atomic E-state index is 12.4. The number of nitrogens with zero attached hydrogens (tertiary/aromatic N) is 3. The van der Waals surface area contributed by atoms with Crippen molar-refractivity contribution in [2.75, 3.05) is 6.54 Å².